The van der Waals surface area contributed by atoms with Gasteiger partial charge >= 0.3 is 12.0 Å². The highest BCUT2D eigenvalue weighted by molar-refractivity contribution is 5.83. The molecule has 0 aliphatic rings. The number of urea groups is 1. The zero-order chi connectivity index (χ0) is 14.4. The molecule has 104 valence electrons. The van der Waals surface area contributed by atoms with E-state index in [2.05, 4.69) is 15.6 Å². The van der Waals surface area contributed by atoms with Crippen molar-refractivity contribution >= 4 is 12.0 Å². The zero-order valence-electron chi connectivity index (χ0n) is 10.7. The third-order valence-corrected chi connectivity index (χ3v) is 2.57. The molecule has 1 rings (SSSR count). The fraction of sp³-hybridized carbons (Fsp3) is 0.417. The van der Waals surface area contributed by atoms with Gasteiger partial charge in [0.15, 0.2) is 6.04 Å². The summed E-state index contributed by atoms with van der Waals surface area (Å²) in [5, 5.41) is 22.8. The van der Waals surface area contributed by atoms with Gasteiger partial charge in [-0.3, -0.25) is 4.98 Å². The van der Waals surface area contributed by atoms with Gasteiger partial charge in [0.1, 0.15) is 0 Å². The second kappa shape index (κ2) is 6.69. The molecule has 7 heteroatoms. The van der Waals surface area contributed by atoms with Gasteiger partial charge in [-0.25, -0.2) is 9.59 Å². The van der Waals surface area contributed by atoms with E-state index in [1.54, 1.807) is 31.5 Å². The molecule has 2 amide bonds. The summed E-state index contributed by atoms with van der Waals surface area (Å²) in [6.45, 7) is 3.04. The average Bonchev–Trinajstić information content (AvgIpc) is 2.36. The minimum Gasteiger partial charge on any atom is -0.480 e. The van der Waals surface area contributed by atoms with Crippen LogP contribution in [0.25, 0.3) is 0 Å². The summed E-state index contributed by atoms with van der Waals surface area (Å²) in [4.78, 5) is 26.4. The summed E-state index contributed by atoms with van der Waals surface area (Å²) in [6, 6.07) is 1.20. The van der Waals surface area contributed by atoms with Gasteiger partial charge in [0.2, 0.25) is 0 Å². The molecule has 0 aliphatic carbocycles. The Balaban J connectivity index is 2.58. The molecule has 0 saturated heterocycles. The maximum Gasteiger partial charge on any atom is 0.328 e. The molecular formula is C12H17N3O4. The van der Waals surface area contributed by atoms with Crippen LogP contribution >= 0.6 is 0 Å². The summed E-state index contributed by atoms with van der Waals surface area (Å²) in [6.07, 6.45) is 2.04. The van der Waals surface area contributed by atoms with Crippen LogP contribution in [0.2, 0.25) is 0 Å². The number of carboxylic acid groups (broad SMARTS) is 1. The van der Waals surface area contributed by atoms with E-state index in [-0.39, 0.29) is 6.04 Å². The van der Waals surface area contributed by atoms with Crippen LogP contribution < -0.4 is 10.6 Å². The topological polar surface area (TPSA) is 112 Å². The van der Waals surface area contributed by atoms with E-state index in [1.165, 1.54) is 6.92 Å². The van der Waals surface area contributed by atoms with Gasteiger partial charge in [0.05, 0.1) is 12.1 Å². The average molecular weight is 267 g/mol. The minimum absolute atomic E-state index is 0.322. The molecule has 0 fully saturated rings. The monoisotopic (exact) mass is 267 g/mol. The molecule has 1 unspecified atom stereocenters. The van der Waals surface area contributed by atoms with E-state index in [1.807, 2.05) is 0 Å². The molecule has 19 heavy (non-hydrogen) atoms. The summed E-state index contributed by atoms with van der Waals surface area (Å²) in [7, 11) is 0. The first-order chi connectivity index (χ1) is 8.91. The molecule has 0 radical (unpaired) electrons. The SMILES string of the molecule is CC(NC(=O)N[C@H](C(=O)O)[C@@H](C)O)c1cccnc1. The standard InChI is InChI=1S/C12H17N3O4/c1-7(9-4-3-5-13-6-9)14-12(19)15-10(8(2)16)11(17)18/h3-8,10,16H,1-2H3,(H,17,18)(H2,14,15,19)/t7?,8-,10+/m1/s1. The lowest BCUT2D eigenvalue weighted by Gasteiger charge is -2.20. The Labute approximate surface area is 110 Å². The van der Waals surface area contributed by atoms with Crippen molar-refractivity contribution in [2.24, 2.45) is 0 Å². The van der Waals surface area contributed by atoms with Gasteiger partial charge in [0.25, 0.3) is 0 Å². The Morgan fingerprint density at radius 2 is 2.00 bits per heavy atom. The van der Waals surface area contributed by atoms with Crippen LogP contribution in [0.4, 0.5) is 4.79 Å². The predicted molar refractivity (Wildman–Crippen MR) is 67.4 cm³/mol. The molecule has 4 N–H and O–H groups in total. The number of aliphatic hydroxyl groups excluding tert-OH is 1. The summed E-state index contributed by atoms with van der Waals surface area (Å²) in [5.41, 5.74) is 0.793. The molecule has 0 bridgehead atoms. The molecule has 1 aromatic rings. The van der Waals surface area contributed by atoms with Gasteiger partial charge in [-0.1, -0.05) is 6.07 Å². The predicted octanol–water partition coefficient (Wildman–Crippen LogP) is 0.276. The minimum atomic E-state index is -1.35. The molecular weight excluding hydrogens is 250 g/mol. The van der Waals surface area contributed by atoms with Gasteiger partial charge in [-0.15, -0.1) is 0 Å². The van der Waals surface area contributed by atoms with Crippen LogP contribution in [0, 0.1) is 0 Å². The van der Waals surface area contributed by atoms with Crippen LogP contribution in [0.15, 0.2) is 24.5 Å². The molecule has 3 atom stereocenters. The van der Waals surface area contributed by atoms with Crippen LogP contribution in [0.3, 0.4) is 0 Å². The number of hydrogen-bond donors (Lipinski definition) is 4. The van der Waals surface area contributed by atoms with E-state index in [4.69, 9.17) is 5.11 Å². The highest BCUT2D eigenvalue weighted by atomic mass is 16.4. The van der Waals surface area contributed by atoms with Crippen molar-refractivity contribution in [3.05, 3.63) is 30.1 Å². The number of aliphatic carboxylic acids is 1. The summed E-state index contributed by atoms with van der Waals surface area (Å²) >= 11 is 0. The fourth-order valence-electron chi connectivity index (χ4n) is 1.48. The highest BCUT2D eigenvalue weighted by Crippen LogP contribution is 2.09. The van der Waals surface area contributed by atoms with Crippen LogP contribution in [-0.4, -0.2) is 39.3 Å². The Bertz CT molecular complexity index is 436. The first-order valence-electron chi connectivity index (χ1n) is 5.79. The van der Waals surface area contributed by atoms with Crippen LogP contribution in [0.5, 0.6) is 0 Å². The molecule has 1 heterocycles. The Kier molecular flexibility index (Phi) is 5.25. The lowest BCUT2D eigenvalue weighted by atomic mass is 10.1. The molecule has 7 nitrogen and oxygen atoms in total. The van der Waals surface area contributed by atoms with E-state index >= 15 is 0 Å². The maximum absolute atomic E-state index is 11.6. The van der Waals surface area contributed by atoms with E-state index in [0.29, 0.717) is 0 Å². The molecule has 0 saturated carbocycles. The van der Waals surface area contributed by atoms with Crippen molar-refractivity contribution in [2.75, 3.05) is 0 Å². The molecule has 0 spiro atoms. The number of hydrogen-bond acceptors (Lipinski definition) is 4. The maximum atomic E-state index is 11.6. The number of pyridine rings is 1. The number of amides is 2. The first-order valence-corrected chi connectivity index (χ1v) is 5.79. The van der Waals surface area contributed by atoms with Crippen molar-refractivity contribution in [3.8, 4) is 0 Å². The van der Waals surface area contributed by atoms with E-state index in [0.717, 1.165) is 5.56 Å². The van der Waals surface area contributed by atoms with E-state index in [9.17, 15) is 14.7 Å². The van der Waals surface area contributed by atoms with Gasteiger partial charge in [-0.2, -0.15) is 0 Å². The number of rotatable bonds is 5. The number of nitrogens with one attached hydrogen (secondary N) is 2. The highest BCUT2D eigenvalue weighted by Gasteiger charge is 2.25. The number of aromatic nitrogens is 1. The Morgan fingerprint density at radius 3 is 2.47 bits per heavy atom. The first kappa shape index (κ1) is 14.9. The van der Waals surface area contributed by atoms with Crippen molar-refractivity contribution < 1.29 is 19.8 Å². The number of nitrogens with zero attached hydrogens (tertiary/aromatic N) is 1. The number of aliphatic hydroxyl groups is 1. The lowest BCUT2D eigenvalue weighted by molar-refractivity contribution is -0.141. The van der Waals surface area contributed by atoms with Crippen molar-refractivity contribution in [1.29, 1.82) is 0 Å². The van der Waals surface area contributed by atoms with Gasteiger partial charge in [0, 0.05) is 12.4 Å². The largest absolute Gasteiger partial charge is 0.480 e. The third-order valence-electron chi connectivity index (χ3n) is 2.57. The third kappa shape index (κ3) is 4.55. The van der Waals surface area contributed by atoms with Crippen molar-refractivity contribution in [1.82, 2.24) is 15.6 Å². The molecule has 0 aromatic carbocycles. The van der Waals surface area contributed by atoms with Crippen LogP contribution in [-0.2, 0) is 4.79 Å². The van der Waals surface area contributed by atoms with Crippen LogP contribution in [0.1, 0.15) is 25.5 Å². The number of carbonyl (C=O) groups excluding carboxylic acids is 1. The summed E-state index contributed by atoms with van der Waals surface area (Å²) in [5.74, 6) is -1.29. The van der Waals surface area contributed by atoms with Crippen molar-refractivity contribution in [3.63, 3.8) is 0 Å². The van der Waals surface area contributed by atoms with Crippen molar-refractivity contribution in [2.45, 2.75) is 32.0 Å². The lowest BCUT2D eigenvalue weighted by Crippen LogP contribution is -2.51. The zero-order valence-corrected chi connectivity index (χ0v) is 10.7. The van der Waals surface area contributed by atoms with Gasteiger partial charge in [-0.05, 0) is 25.5 Å². The number of carboxylic acids is 1. The van der Waals surface area contributed by atoms with E-state index < -0.39 is 24.1 Å². The second-order valence-electron chi connectivity index (χ2n) is 4.18. The Hall–Kier alpha value is -2.15. The smallest absolute Gasteiger partial charge is 0.328 e. The normalized spacial score (nSPS) is 15.1. The number of carbonyl (C=O) groups is 2. The fourth-order valence-corrected chi connectivity index (χ4v) is 1.48. The second-order valence-corrected chi connectivity index (χ2v) is 4.18. The van der Waals surface area contributed by atoms with Gasteiger partial charge < -0.3 is 20.8 Å². The molecule has 0 aliphatic heterocycles. The Morgan fingerprint density at radius 1 is 1.32 bits per heavy atom. The summed E-state index contributed by atoms with van der Waals surface area (Å²) < 4.78 is 0. The quantitative estimate of drug-likeness (QED) is 0.612. The molecule has 1 aromatic heterocycles.